The third-order valence-corrected chi connectivity index (χ3v) is 5.04. The number of thiophene rings is 1. The maximum absolute atomic E-state index is 3.60. The fourth-order valence-electron chi connectivity index (χ4n) is 2.34. The fourth-order valence-corrected chi connectivity index (χ4v) is 3.86. The highest BCUT2D eigenvalue weighted by atomic mass is 79.9. The van der Waals surface area contributed by atoms with Gasteiger partial charge in [0.15, 0.2) is 0 Å². The molecule has 0 radical (unpaired) electrons. The van der Waals surface area contributed by atoms with Crippen molar-refractivity contribution in [2.45, 2.75) is 32.7 Å². The number of halogens is 1. The van der Waals surface area contributed by atoms with Gasteiger partial charge in [-0.05, 0) is 52.7 Å². The van der Waals surface area contributed by atoms with Gasteiger partial charge in [-0.3, -0.25) is 4.90 Å². The Hall–Kier alpha value is 0.140. The molecule has 0 bridgehead atoms. The summed E-state index contributed by atoms with van der Waals surface area (Å²) in [5, 5.41) is 2.17. The van der Waals surface area contributed by atoms with Crippen molar-refractivity contribution in [3.05, 3.63) is 20.8 Å². The average Bonchev–Trinajstić information content (AvgIpc) is 2.79. The second kappa shape index (κ2) is 5.46. The predicted octanol–water partition coefficient (Wildman–Crippen LogP) is 4.13. The highest BCUT2D eigenvalue weighted by Crippen LogP contribution is 2.28. The minimum Gasteiger partial charge on any atom is -0.298 e. The van der Waals surface area contributed by atoms with E-state index in [1.54, 1.807) is 0 Å². The fraction of sp³-hybridized carbons (Fsp3) is 0.667. The summed E-state index contributed by atoms with van der Waals surface area (Å²) in [4.78, 5) is 4.07. The van der Waals surface area contributed by atoms with E-state index in [4.69, 9.17) is 0 Å². The smallest absolute Gasteiger partial charge is 0.0339 e. The molecule has 1 nitrogen and oxygen atoms in total. The van der Waals surface area contributed by atoms with Gasteiger partial charge in [-0.2, -0.15) is 0 Å². The highest BCUT2D eigenvalue weighted by molar-refractivity contribution is 9.10. The zero-order chi connectivity index (χ0) is 10.7. The summed E-state index contributed by atoms with van der Waals surface area (Å²) in [5.74, 6) is 0.953. The molecule has 1 aromatic heterocycles. The molecule has 1 atom stereocenters. The number of rotatable bonds is 4. The largest absolute Gasteiger partial charge is 0.298 e. The lowest BCUT2D eigenvalue weighted by molar-refractivity contribution is 0.315. The molecule has 1 aromatic rings. The molecule has 15 heavy (non-hydrogen) atoms. The minimum atomic E-state index is 0.953. The Morgan fingerprint density at radius 3 is 3.13 bits per heavy atom. The van der Waals surface area contributed by atoms with Crippen LogP contribution in [-0.4, -0.2) is 18.0 Å². The van der Waals surface area contributed by atoms with Gasteiger partial charge < -0.3 is 0 Å². The summed E-state index contributed by atoms with van der Waals surface area (Å²) in [6.07, 6.45) is 4.14. The van der Waals surface area contributed by atoms with Gasteiger partial charge in [0.05, 0.1) is 0 Å². The van der Waals surface area contributed by atoms with Crippen LogP contribution in [0.4, 0.5) is 0 Å². The second-order valence-corrected chi connectivity index (χ2v) is 6.23. The van der Waals surface area contributed by atoms with E-state index < -0.39 is 0 Å². The van der Waals surface area contributed by atoms with Crippen LogP contribution >= 0.6 is 27.3 Å². The summed E-state index contributed by atoms with van der Waals surface area (Å²) >= 11 is 5.47. The van der Waals surface area contributed by atoms with Crippen molar-refractivity contribution < 1.29 is 0 Å². The zero-order valence-electron chi connectivity index (χ0n) is 9.21. The van der Waals surface area contributed by atoms with Gasteiger partial charge in [0.2, 0.25) is 0 Å². The molecular formula is C12H18BrNS. The maximum Gasteiger partial charge on any atom is 0.0339 e. The predicted molar refractivity (Wildman–Crippen MR) is 70.3 cm³/mol. The van der Waals surface area contributed by atoms with Gasteiger partial charge in [-0.25, -0.2) is 0 Å². The van der Waals surface area contributed by atoms with Crippen molar-refractivity contribution in [1.82, 2.24) is 4.90 Å². The van der Waals surface area contributed by atoms with Crippen LogP contribution in [0.3, 0.4) is 0 Å². The van der Waals surface area contributed by atoms with Crippen LogP contribution in [0.1, 0.15) is 31.1 Å². The first-order valence-electron chi connectivity index (χ1n) is 5.73. The Balaban J connectivity index is 1.85. The molecule has 2 heterocycles. The van der Waals surface area contributed by atoms with Crippen molar-refractivity contribution in [3.8, 4) is 0 Å². The molecule has 0 N–H and O–H groups in total. The Kier molecular flexibility index (Phi) is 4.23. The lowest BCUT2D eigenvalue weighted by atomic mass is 10.0. The summed E-state index contributed by atoms with van der Waals surface area (Å²) in [6, 6.07) is 2.15. The molecule has 1 aliphatic rings. The quantitative estimate of drug-likeness (QED) is 0.805. The molecule has 0 saturated carbocycles. The van der Waals surface area contributed by atoms with E-state index >= 15 is 0 Å². The SMILES string of the molecule is CCCC1CCN(Cc2sccc2Br)C1. The van der Waals surface area contributed by atoms with E-state index in [-0.39, 0.29) is 0 Å². The number of nitrogens with zero attached hydrogens (tertiary/aromatic N) is 1. The van der Waals surface area contributed by atoms with Crippen LogP contribution in [0.15, 0.2) is 15.9 Å². The van der Waals surface area contributed by atoms with Gasteiger partial charge in [-0.15, -0.1) is 11.3 Å². The first kappa shape index (κ1) is 11.6. The Bertz CT molecular complexity index is 310. The Morgan fingerprint density at radius 2 is 2.47 bits per heavy atom. The van der Waals surface area contributed by atoms with Crippen molar-refractivity contribution in [2.75, 3.05) is 13.1 Å². The lowest BCUT2D eigenvalue weighted by Crippen LogP contribution is -2.19. The third kappa shape index (κ3) is 3.05. The van der Waals surface area contributed by atoms with E-state index in [0.29, 0.717) is 0 Å². The van der Waals surface area contributed by atoms with E-state index in [1.807, 2.05) is 11.3 Å². The maximum atomic E-state index is 3.60. The Labute approximate surface area is 105 Å². The van der Waals surface area contributed by atoms with Crippen molar-refractivity contribution >= 4 is 27.3 Å². The van der Waals surface area contributed by atoms with Crippen molar-refractivity contribution in [3.63, 3.8) is 0 Å². The zero-order valence-corrected chi connectivity index (χ0v) is 11.6. The summed E-state index contributed by atoms with van der Waals surface area (Å²) in [6.45, 7) is 6.02. The molecule has 84 valence electrons. The van der Waals surface area contributed by atoms with Gasteiger partial charge in [0.1, 0.15) is 0 Å². The first-order chi connectivity index (χ1) is 7.29. The lowest BCUT2D eigenvalue weighted by Gasteiger charge is -2.15. The highest BCUT2D eigenvalue weighted by Gasteiger charge is 2.22. The van der Waals surface area contributed by atoms with Gasteiger partial charge in [-0.1, -0.05) is 13.3 Å². The van der Waals surface area contributed by atoms with Crippen LogP contribution < -0.4 is 0 Å². The van der Waals surface area contributed by atoms with E-state index in [2.05, 4.69) is 39.2 Å². The molecule has 2 rings (SSSR count). The molecular weight excluding hydrogens is 270 g/mol. The van der Waals surface area contributed by atoms with Crippen LogP contribution in [0.25, 0.3) is 0 Å². The van der Waals surface area contributed by atoms with Crippen molar-refractivity contribution in [1.29, 1.82) is 0 Å². The first-order valence-corrected chi connectivity index (χ1v) is 7.41. The van der Waals surface area contributed by atoms with Crippen LogP contribution in [-0.2, 0) is 6.54 Å². The van der Waals surface area contributed by atoms with Gasteiger partial charge in [0.25, 0.3) is 0 Å². The van der Waals surface area contributed by atoms with Crippen LogP contribution in [0.2, 0.25) is 0 Å². The molecule has 1 fully saturated rings. The van der Waals surface area contributed by atoms with Gasteiger partial charge >= 0.3 is 0 Å². The average molecular weight is 288 g/mol. The van der Waals surface area contributed by atoms with Crippen LogP contribution in [0.5, 0.6) is 0 Å². The Morgan fingerprint density at radius 1 is 1.60 bits per heavy atom. The van der Waals surface area contributed by atoms with Crippen LogP contribution in [0, 0.1) is 5.92 Å². The summed E-state index contributed by atoms with van der Waals surface area (Å²) in [7, 11) is 0. The number of likely N-dealkylation sites (tertiary alicyclic amines) is 1. The molecule has 0 spiro atoms. The molecule has 1 unspecified atom stereocenters. The monoisotopic (exact) mass is 287 g/mol. The van der Waals surface area contributed by atoms with E-state index in [9.17, 15) is 0 Å². The molecule has 0 aliphatic carbocycles. The van der Waals surface area contributed by atoms with Crippen molar-refractivity contribution in [2.24, 2.45) is 5.92 Å². The summed E-state index contributed by atoms with van der Waals surface area (Å²) in [5.41, 5.74) is 0. The van der Waals surface area contributed by atoms with E-state index in [1.165, 1.54) is 41.7 Å². The molecule has 1 saturated heterocycles. The molecule has 0 amide bonds. The topological polar surface area (TPSA) is 3.24 Å². The minimum absolute atomic E-state index is 0.953. The normalized spacial score (nSPS) is 22.4. The molecule has 3 heteroatoms. The number of hydrogen-bond acceptors (Lipinski definition) is 2. The third-order valence-electron chi connectivity index (χ3n) is 3.13. The standard InChI is InChI=1S/C12H18BrNS/c1-2-3-10-4-6-14(8-10)9-12-11(13)5-7-15-12/h5,7,10H,2-4,6,8-9H2,1H3. The summed E-state index contributed by atoms with van der Waals surface area (Å²) < 4.78 is 1.28. The number of hydrogen-bond donors (Lipinski definition) is 0. The molecule has 0 aromatic carbocycles. The second-order valence-electron chi connectivity index (χ2n) is 4.37. The van der Waals surface area contributed by atoms with E-state index in [0.717, 1.165) is 12.5 Å². The molecule has 1 aliphatic heterocycles. The van der Waals surface area contributed by atoms with Gasteiger partial charge in [0, 0.05) is 22.4 Å².